The molecule has 266 valence electrons. The summed E-state index contributed by atoms with van der Waals surface area (Å²) in [6.07, 6.45) is 9.09. The summed E-state index contributed by atoms with van der Waals surface area (Å²) < 4.78 is 38.6. The minimum absolute atomic E-state index is 0.0492. The molecule has 1 fully saturated rings. The summed E-state index contributed by atoms with van der Waals surface area (Å²) in [4.78, 5) is 37.1. The highest BCUT2D eigenvalue weighted by Gasteiger charge is 2.31. The number of carboxylic acid groups (broad SMARTS) is 2. The number of rotatable bonds is 15. The topological polar surface area (TPSA) is 154 Å². The Balaban J connectivity index is 0.000000952. The molecule has 2 aromatic rings. The molecule has 14 heteroatoms. The molecule has 0 aromatic heterocycles. The van der Waals surface area contributed by atoms with Crippen LogP contribution in [0.5, 0.6) is 5.75 Å². The molecule has 2 heterocycles. The van der Waals surface area contributed by atoms with Gasteiger partial charge in [0.2, 0.25) is 10.0 Å². The molecule has 4 rings (SSSR count). The number of aliphatic carboxylic acids is 2. The molecular weight excluding hydrogens is 659 g/mol. The van der Waals surface area contributed by atoms with Crippen molar-refractivity contribution in [1.29, 1.82) is 0 Å². The van der Waals surface area contributed by atoms with Crippen LogP contribution < -0.4 is 9.64 Å². The number of piperidine rings is 1. The maximum Gasteiger partial charge on any atom is 0.414 e. The summed E-state index contributed by atoms with van der Waals surface area (Å²) >= 11 is 1.51. The Morgan fingerprint density at radius 3 is 2.29 bits per heavy atom. The van der Waals surface area contributed by atoms with Gasteiger partial charge < -0.3 is 29.5 Å². The first-order valence-electron chi connectivity index (χ1n) is 16.4. The molecule has 2 aliphatic heterocycles. The van der Waals surface area contributed by atoms with Gasteiger partial charge in [-0.1, -0.05) is 44.0 Å². The quantitative estimate of drug-likeness (QED) is 0.132. The zero-order chi connectivity index (χ0) is 35.3. The van der Waals surface area contributed by atoms with Crippen LogP contribution >= 0.6 is 11.8 Å². The van der Waals surface area contributed by atoms with Gasteiger partial charge in [-0.3, -0.25) is 4.79 Å². The van der Waals surface area contributed by atoms with Gasteiger partial charge in [0.1, 0.15) is 5.75 Å². The summed E-state index contributed by atoms with van der Waals surface area (Å²) in [7, 11) is 1.22. The molecular formula is C34H49N3O9S2. The number of carbonyl (C=O) groups excluding carboxylic acids is 1. The second kappa shape index (κ2) is 19.0. The van der Waals surface area contributed by atoms with Gasteiger partial charge in [-0.25, -0.2) is 22.3 Å². The maximum atomic E-state index is 13.2. The molecule has 0 unspecified atom stereocenters. The zero-order valence-electron chi connectivity index (χ0n) is 28.4. The Labute approximate surface area is 288 Å². The lowest BCUT2D eigenvalue weighted by molar-refractivity contribution is -0.159. The van der Waals surface area contributed by atoms with E-state index in [-0.39, 0.29) is 5.97 Å². The number of hydrogen-bond donors (Lipinski definition) is 2. The van der Waals surface area contributed by atoms with Crippen LogP contribution in [-0.4, -0.2) is 99.7 Å². The predicted octanol–water partition coefficient (Wildman–Crippen LogP) is 5.71. The van der Waals surface area contributed by atoms with Crippen LogP contribution in [0.2, 0.25) is 0 Å². The van der Waals surface area contributed by atoms with Crippen molar-refractivity contribution >= 4 is 51.1 Å². The Morgan fingerprint density at radius 2 is 1.67 bits per heavy atom. The van der Waals surface area contributed by atoms with Gasteiger partial charge >= 0.3 is 17.9 Å². The Kier molecular flexibility index (Phi) is 15.5. The smallest absolute Gasteiger partial charge is 0.414 e. The van der Waals surface area contributed by atoms with Crippen LogP contribution in [0, 0.1) is 5.92 Å². The van der Waals surface area contributed by atoms with Gasteiger partial charge in [0.05, 0.1) is 34.9 Å². The van der Waals surface area contributed by atoms with Crippen LogP contribution in [0.1, 0.15) is 64.7 Å². The fourth-order valence-corrected chi connectivity index (χ4v) is 8.18. The predicted molar refractivity (Wildman–Crippen MR) is 185 cm³/mol. The molecule has 0 amide bonds. The molecule has 12 nitrogen and oxygen atoms in total. The molecule has 0 radical (unpaired) electrons. The Morgan fingerprint density at radius 1 is 0.958 bits per heavy atom. The van der Waals surface area contributed by atoms with Crippen LogP contribution in [0.3, 0.4) is 0 Å². The minimum atomic E-state index is -3.59. The number of carboxylic acids is 2. The van der Waals surface area contributed by atoms with E-state index in [9.17, 15) is 13.2 Å². The third-order valence-electron chi connectivity index (χ3n) is 8.45. The number of sulfonamides is 1. The first-order chi connectivity index (χ1) is 22.9. The molecule has 0 atom stereocenters. The lowest BCUT2D eigenvalue weighted by Gasteiger charge is -2.36. The van der Waals surface area contributed by atoms with Crippen molar-refractivity contribution in [2.24, 2.45) is 5.92 Å². The van der Waals surface area contributed by atoms with E-state index < -0.39 is 22.0 Å². The zero-order valence-corrected chi connectivity index (χ0v) is 30.0. The third-order valence-corrected chi connectivity index (χ3v) is 11.6. The van der Waals surface area contributed by atoms with E-state index in [4.69, 9.17) is 29.3 Å². The minimum Gasteiger partial charge on any atom is -0.497 e. The summed E-state index contributed by atoms with van der Waals surface area (Å²) in [5, 5.41) is 14.8. The molecule has 2 aliphatic rings. The molecule has 1 saturated heterocycles. The second-order valence-corrected chi connectivity index (χ2v) is 15.2. The number of benzene rings is 2. The van der Waals surface area contributed by atoms with E-state index in [2.05, 4.69) is 16.7 Å². The van der Waals surface area contributed by atoms with Crippen LogP contribution in [0.4, 0.5) is 11.4 Å². The fourth-order valence-electron chi connectivity index (χ4n) is 5.68. The largest absolute Gasteiger partial charge is 0.497 e. The standard InChI is InChI=1S/C32H47N3O5S2.C2H2O4/c1-5-6-7-8-13-31(36)40-23-18-25-16-21-34(22-17-25)19-10-20-35-27-11-9-12-30(42(37,38)33(2)3)32(27)41-29-15-14-26(39-4)24-28(29)35;3-1(4)2(5)6/h9,11-12,14-15,24-25H,5-8,10,13,16-23H2,1-4H3;(H,3,4)(H,5,6). The number of esters is 1. The van der Waals surface area contributed by atoms with Gasteiger partial charge in [0.15, 0.2) is 0 Å². The number of ether oxygens (including phenoxy) is 2. The number of nitrogens with zero attached hydrogens (tertiary/aromatic N) is 3. The Bertz CT molecular complexity index is 1480. The highest BCUT2D eigenvalue weighted by molar-refractivity contribution is 8.00. The fraction of sp³-hybridized carbons (Fsp3) is 0.559. The van der Waals surface area contributed by atoms with Crippen molar-refractivity contribution in [3.8, 4) is 5.75 Å². The number of unbranched alkanes of at least 4 members (excludes halogenated alkanes) is 3. The van der Waals surface area contributed by atoms with Crippen molar-refractivity contribution in [3.05, 3.63) is 36.4 Å². The third kappa shape index (κ3) is 11.1. The first kappa shape index (κ1) is 39.1. The second-order valence-electron chi connectivity index (χ2n) is 12.0. The van der Waals surface area contributed by atoms with E-state index in [0.717, 1.165) is 91.6 Å². The van der Waals surface area contributed by atoms with E-state index in [1.807, 2.05) is 30.3 Å². The number of hydrogen-bond acceptors (Lipinski definition) is 10. The van der Waals surface area contributed by atoms with Crippen molar-refractivity contribution in [2.75, 3.05) is 58.9 Å². The monoisotopic (exact) mass is 707 g/mol. The average Bonchev–Trinajstić information content (AvgIpc) is 3.06. The van der Waals surface area contributed by atoms with Crippen molar-refractivity contribution in [1.82, 2.24) is 9.21 Å². The van der Waals surface area contributed by atoms with Gasteiger partial charge in [-0.15, -0.1) is 0 Å². The van der Waals surface area contributed by atoms with E-state index in [1.54, 1.807) is 27.3 Å². The van der Waals surface area contributed by atoms with E-state index in [1.165, 1.54) is 28.9 Å². The van der Waals surface area contributed by atoms with Gasteiger partial charge in [-0.2, -0.15) is 0 Å². The maximum absolute atomic E-state index is 13.2. The molecule has 2 aromatic carbocycles. The number of fused-ring (bicyclic) bond motifs is 2. The van der Waals surface area contributed by atoms with Crippen LogP contribution in [0.25, 0.3) is 0 Å². The molecule has 48 heavy (non-hydrogen) atoms. The summed E-state index contributed by atoms with van der Waals surface area (Å²) in [5.74, 6) is -2.31. The van der Waals surface area contributed by atoms with Gasteiger partial charge in [0, 0.05) is 38.0 Å². The number of anilines is 2. The molecule has 0 aliphatic carbocycles. The Hall–Kier alpha value is -3.33. The summed E-state index contributed by atoms with van der Waals surface area (Å²) in [6, 6.07) is 11.5. The summed E-state index contributed by atoms with van der Waals surface area (Å²) in [5.41, 5.74) is 1.96. The van der Waals surface area contributed by atoms with Crippen LogP contribution in [-0.2, 0) is 29.1 Å². The van der Waals surface area contributed by atoms with Gasteiger partial charge in [0.25, 0.3) is 0 Å². The SMILES string of the molecule is CCCCCCC(=O)OCCC1CCN(CCCN2c3cc(OC)ccc3Sc3c2cccc3S(=O)(=O)N(C)C)CC1.O=C(O)C(=O)O. The van der Waals surface area contributed by atoms with Crippen molar-refractivity contribution < 1.29 is 42.5 Å². The van der Waals surface area contributed by atoms with Gasteiger partial charge in [-0.05, 0) is 81.9 Å². The molecule has 2 N–H and O–H groups in total. The molecule has 0 spiro atoms. The highest BCUT2D eigenvalue weighted by Crippen LogP contribution is 2.51. The van der Waals surface area contributed by atoms with Crippen molar-refractivity contribution in [3.63, 3.8) is 0 Å². The van der Waals surface area contributed by atoms with Crippen LogP contribution in [0.15, 0.2) is 51.1 Å². The summed E-state index contributed by atoms with van der Waals surface area (Å²) in [6.45, 7) is 6.57. The van der Waals surface area contributed by atoms with E-state index >= 15 is 0 Å². The highest BCUT2D eigenvalue weighted by atomic mass is 32.2. The average molecular weight is 708 g/mol. The molecule has 0 saturated carbocycles. The van der Waals surface area contributed by atoms with Crippen molar-refractivity contribution in [2.45, 2.75) is 79.4 Å². The lowest BCUT2D eigenvalue weighted by Crippen LogP contribution is -2.36. The normalized spacial score (nSPS) is 14.8. The number of likely N-dealkylation sites (tertiary alicyclic amines) is 1. The number of carbonyl (C=O) groups is 3. The molecule has 0 bridgehead atoms. The lowest BCUT2D eigenvalue weighted by atomic mass is 9.94. The first-order valence-corrected chi connectivity index (χ1v) is 18.7. The number of methoxy groups -OCH3 is 1. The van der Waals surface area contributed by atoms with E-state index in [0.29, 0.717) is 23.8 Å².